The highest BCUT2D eigenvalue weighted by Crippen LogP contribution is 1.91. The van der Waals surface area contributed by atoms with E-state index in [2.05, 4.69) is 4.52 Å². The topological polar surface area (TPSA) is 104 Å². The summed E-state index contributed by atoms with van der Waals surface area (Å²) < 4.78 is 4.14. The van der Waals surface area contributed by atoms with E-state index in [0.29, 0.717) is 0 Å². The van der Waals surface area contributed by atoms with Crippen LogP contribution in [0.3, 0.4) is 0 Å². The van der Waals surface area contributed by atoms with Gasteiger partial charge in [-0.3, -0.25) is 4.79 Å². The quantitative estimate of drug-likeness (QED) is 0.405. The molecular weight excluding hydrogens is 142 g/mol. The van der Waals surface area contributed by atoms with E-state index in [0.717, 1.165) is 6.26 Å². The van der Waals surface area contributed by atoms with Gasteiger partial charge in [0.2, 0.25) is 5.03 Å². The summed E-state index contributed by atoms with van der Waals surface area (Å²) in [6.45, 7) is 0. The van der Waals surface area contributed by atoms with E-state index >= 15 is 0 Å². The Morgan fingerprint density at radius 3 is 2.60 bits per heavy atom. The molecule has 0 radical (unpaired) electrons. The van der Waals surface area contributed by atoms with E-state index in [1.165, 1.54) is 0 Å². The second-order valence-electron chi connectivity index (χ2n) is 1.49. The number of hydrogen-bond acceptors (Lipinski definition) is 5. The molecule has 0 atom stereocenters. The minimum atomic E-state index is -1.00. The van der Waals surface area contributed by atoms with E-state index < -0.39 is 10.6 Å². The number of anilines is 1. The first-order valence-corrected chi connectivity index (χ1v) is 2.24. The number of nitrogen functional groups attached to an aromatic ring is 1. The number of nitro groups is 1. The van der Waals surface area contributed by atoms with E-state index in [4.69, 9.17) is 5.73 Å². The summed E-state index contributed by atoms with van der Waals surface area (Å²) in [5.41, 5.74) is 3.71. The maximum atomic E-state index is 10.5. The standard InChI is InChI=1S/C3H3N3O4/c4-2-1-10-5(3(2)7)6(8)9/h1H,4H2. The van der Waals surface area contributed by atoms with Crippen molar-refractivity contribution < 1.29 is 9.56 Å². The molecule has 0 aliphatic carbocycles. The van der Waals surface area contributed by atoms with Gasteiger partial charge in [-0.15, -0.1) is 0 Å². The summed E-state index contributed by atoms with van der Waals surface area (Å²) in [4.78, 5) is 20.3. The first-order valence-electron chi connectivity index (χ1n) is 2.24. The number of hydrogen-bond donors (Lipinski definition) is 1. The fourth-order valence-corrected chi connectivity index (χ4v) is 0.428. The third-order valence-electron chi connectivity index (χ3n) is 0.849. The van der Waals surface area contributed by atoms with Gasteiger partial charge in [-0.2, -0.15) is 0 Å². The maximum Gasteiger partial charge on any atom is 0.377 e. The van der Waals surface area contributed by atoms with Crippen molar-refractivity contribution >= 4 is 5.69 Å². The molecule has 0 spiro atoms. The summed E-state index contributed by atoms with van der Waals surface area (Å²) in [6.07, 6.45) is 0.811. The second-order valence-corrected chi connectivity index (χ2v) is 1.49. The van der Waals surface area contributed by atoms with Gasteiger partial charge in [0.15, 0.2) is 6.26 Å². The Morgan fingerprint density at radius 1 is 1.80 bits per heavy atom. The Bertz CT molecular complexity index is 310. The highest BCUT2D eigenvalue weighted by molar-refractivity contribution is 5.28. The summed E-state index contributed by atoms with van der Waals surface area (Å²) in [7, 11) is 0. The van der Waals surface area contributed by atoms with Crippen molar-refractivity contribution in [2.45, 2.75) is 0 Å². The lowest BCUT2D eigenvalue weighted by molar-refractivity contribution is -0.583. The smallest absolute Gasteiger partial charge is 0.377 e. The van der Waals surface area contributed by atoms with E-state index in [1.54, 1.807) is 0 Å². The van der Waals surface area contributed by atoms with Crippen LogP contribution >= 0.6 is 0 Å². The molecule has 1 aromatic heterocycles. The van der Waals surface area contributed by atoms with Gasteiger partial charge in [-0.05, 0) is 0 Å². The van der Waals surface area contributed by atoms with E-state index in [-0.39, 0.29) is 10.5 Å². The molecule has 0 saturated heterocycles. The minimum absolute atomic E-state index is 0.0463. The van der Waals surface area contributed by atoms with Crippen LogP contribution in [0.1, 0.15) is 0 Å². The number of nitrogens with two attached hydrogens (primary N) is 1. The second kappa shape index (κ2) is 1.87. The summed E-state index contributed by atoms with van der Waals surface area (Å²) in [5, 5.41) is 8.85. The van der Waals surface area contributed by atoms with Crippen molar-refractivity contribution in [2.24, 2.45) is 0 Å². The van der Waals surface area contributed by atoms with Crippen LogP contribution in [0.2, 0.25) is 0 Å². The zero-order valence-electron chi connectivity index (χ0n) is 4.68. The van der Waals surface area contributed by atoms with Gasteiger partial charge < -0.3 is 10.3 Å². The molecule has 1 heterocycles. The molecule has 10 heavy (non-hydrogen) atoms. The predicted molar refractivity (Wildman–Crippen MR) is 29.8 cm³/mol. The van der Waals surface area contributed by atoms with Crippen molar-refractivity contribution in [3.05, 3.63) is 26.7 Å². The van der Waals surface area contributed by atoms with Crippen LogP contribution in [-0.4, -0.2) is 9.88 Å². The molecule has 0 unspecified atom stereocenters. The molecule has 0 fully saturated rings. The Labute approximate surface area is 53.7 Å². The number of rotatable bonds is 1. The summed E-state index contributed by atoms with van der Waals surface area (Å²) >= 11 is 0. The molecule has 2 N–H and O–H groups in total. The molecule has 0 aliphatic rings. The molecule has 1 rings (SSSR count). The molecule has 7 nitrogen and oxygen atoms in total. The average Bonchev–Trinajstić information content (AvgIpc) is 2.14. The number of nitrogens with zero attached hydrogens (tertiary/aromatic N) is 2. The van der Waals surface area contributed by atoms with Crippen LogP contribution in [0.4, 0.5) is 5.69 Å². The van der Waals surface area contributed by atoms with E-state index in [9.17, 15) is 14.9 Å². The van der Waals surface area contributed by atoms with Gasteiger partial charge in [-0.25, -0.2) is 10.1 Å². The molecule has 54 valence electrons. The van der Waals surface area contributed by atoms with Crippen molar-refractivity contribution in [3.8, 4) is 0 Å². The van der Waals surface area contributed by atoms with Crippen LogP contribution < -0.4 is 11.3 Å². The summed E-state index contributed by atoms with van der Waals surface area (Å²) in [6, 6.07) is 0. The lowest BCUT2D eigenvalue weighted by Crippen LogP contribution is -2.22. The molecule has 1 aromatic rings. The van der Waals surface area contributed by atoms with Crippen LogP contribution in [0.5, 0.6) is 0 Å². The van der Waals surface area contributed by atoms with Crippen molar-refractivity contribution in [1.29, 1.82) is 0 Å². The van der Waals surface area contributed by atoms with Crippen LogP contribution in [0.15, 0.2) is 15.6 Å². The summed E-state index contributed by atoms with van der Waals surface area (Å²) in [5.74, 6) is 0. The Kier molecular flexibility index (Phi) is 1.18. The molecule has 0 aromatic carbocycles. The number of aromatic nitrogens is 1. The van der Waals surface area contributed by atoms with Crippen molar-refractivity contribution in [1.82, 2.24) is 4.85 Å². The minimum Gasteiger partial charge on any atom is -0.391 e. The van der Waals surface area contributed by atoms with Crippen molar-refractivity contribution in [2.75, 3.05) is 5.73 Å². The normalized spacial score (nSPS) is 9.60. The SMILES string of the molecule is Nc1con([N+](=O)[O-])c1=O. The third-order valence-corrected chi connectivity index (χ3v) is 0.849. The van der Waals surface area contributed by atoms with E-state index in [1.807, 2.05) is 0 Å². The lowest BCUT2D eigenvalue weighted by atomic mass is 10.6. The molecule has 0 bridgehead atoms. The predicted octanol–water partition coefficient (Wildman–Crippen LogP) is -0.937. The zero-order valence-corrected chi connectivity index (χ0v) is 4.68. The van der Waals surface area contributed by atoms with Crippen LogP contribution in [0.25, 0.3) is 0 Å². The van der Waals surface area contributed by atoms with Gasteiger partial charge in [0.25, 0.3) is 0 Å². The largest absolute Gasteiger partial charge is 0.391 e. The Hall–Kier alpha value is -1.79. The van der Waals surface area contributed by atoms with Gasteiger partial charge >= 0.3 is 5.56 Å². The first-order chi connectivity index (χ1) is 4.63. The fourth-order valence-electron chi connectivity index (χ4n) is 0.428. The zero-order chi connectivity index (χ0) is 7.72. The van der Waals surface area contributed by atoms with Crippen LogP contribution in [0, 0.1) is 10.1 Å². The molecule has 7 heteroatoms. The van der Waals surface area contributed by atoms with Crippen LogP contribution in [-0.2, 0) is 0 Å². The highest BCUT2D eigenvalue weighted by atomic mass is 16.7. The van der Waals surface area contributed by atoms with Gasteiger partial charge in [0.1, 0.15) is 10.5 Å². The fraction of sp³-hybridized carbons (Fsp3) is 0. The Balaban J connectivity index is 3.32. The van der Waals surface area contributed by atoms with Gasteiger partial charge in [0.05, 0.1) is 0 Å². The lowest BCUT2D eigenvalue weighted by Gasteiger charge is -1.80. The molecular formula is C3H3N3O4. The van der Waals surface area contributed by atoms with Crippen molar-refractivity contribution in [3.63, 3.8) is 0 Å². The maximum absolute atomic E-state index is 10.5. The van der Waals surface area contributed by atoms with Gasteiger partial charge in [0, 0.05) is 0 Å². The monoisotopic (exact) mass is 145 g/mol. The third kappa shape index (κ3) is 0.729. The van der Waals surface area contributed by atoms with Gasteiger partial charge in [-0.1, -0.05) is 0 Å². The Morgan fingerprint density at radius 2 is 2.40 bits per heavy atom. The molecule has 0 amide bonds. The molecule has 0 aliphatic heterocycles. The first kappa shape index (κ1) is 6.33. The highest BCUT2D eigenvalue weighted by Gasteiger charge is 2.12. The average molecular weight is 145 g/mol. The molecule has 0 saturated carbocycles.